The fourth-order valence-electron chi connectivity index (χ4n) is 2.17. The Morgan fingerprint density at radius 1 is 1.24 bits per heavy atom. The van der Waals surface area contributed by atoms with E-state index in [0.717, 1.165) is 18.4 Å². The molecule has 1 aromatic carbocycles. The summed E-state index contributed by atoms with van der Waals surface area (Å²) < 4.78 is 0. The van der Waals surface area contributed by atoms with E-state index in [1.807, 2.05) is 44.2 Å². The second-order valence-corrected chi connectivity index (χ2v) is 5.27. The van der Waals surface area contributed by atoms with Crippen LogP contribution in [0.25, 0.3) is 0 Å². The van der Waals surface area contributed by atoms with Crippen LogP contribution in [0.5, 0.6) is 0 Å². The average molecular weight is 292 g/mol. The van der Waals surface area contributed by atoms with Crippen LogP contribution in [0.1, 0.15) is 32.3 Å². The van der Waals surface area contributed by atoms with Crippen molar-refractivity contribution in [1.29, 1.82) is 0 Å². The molecule has 5 nitrogen and oxygen atoms in total. The molecule has 0 spiro atoms. The van der Waals surface area contributed by atoms with Gasteiger partial charge in [-0.05, 0) is 25.3 Å². The minimum atomic E-state index is -0.866. The van der Waals surface area contributed by atoms with Gasteiger partial charge in [0.05, 0.1) is 5.92 Å². The summed E-state index contributed by atoms with van der Waals surface area (Å²) in [6.45, 7) is 4.01. The Hall–Kier alpha value is -2.04. The van der Waals surface area contributed by atoms with Crippen molar-refractivity contribution in [3.8, 4) is 0 Å². The minimum Gasteiger partial charge on any atom is -0.481 e. The molecule has 0 heterocycles. The molecule has 0 aliphatic heterocycles. The van der Waals surface area contributed by atoms with Crippen molar-refractivity contribution in [3.63, 3.8) is 0 Å². The van der Waals surface area contributed by atoms with Crippen LogP contribution in [0, 0.1) is 5.92 Å². The van der Waals surface area contributed by atoms with Gasteiger partial charge in [0.1, 0.15) is 0 Å². The third-order valence-electron chi connectivity index (χ3n) is 3.26. The Bertz CT molecular complexity index is 448. The molecule has 0 fully saturated rings. The first kappa shape index (κ1) is 17.0. The number of nitrogens with one attached hydrogen (secondary N) is 2. The molecule has 5 heteroatoms. The standard InChI is InChI=1S/C16H24N2O3/c1-3-7-14(15(19)20)11-17-16(21)18-12(2)10-13-8-5-4-6-9-13/h4-6,8-9,12,14H,3,7,10-11H2,1-2H3,(H,19,20)(H2,17,18,21). The van der Waals surface area contributed by atoms with E-state index in [2.05, 4.69) is 10.6 Å². The molecule has 3 N–H and O–H groups in total. The molecule has 1 aromatic rings. The van der Waals surface area contributed by atoms with E-state index in [1.54, 1.807) is 0 Å². The Kier molecular flexibility index (Phi) is 7.29. The molecule has 0 aliphatic carbocycles. The zero-order valence-electron chi connectivity index (χ0n) is 12.6. The van der Waals surface area contributed by atoms with Gasteiger partial charge in [-0.2, -0.15) is 0 Å². The second-order valence-electron chi connectivity index (χ2n) is 5.27. The van der Waals surface area contributed by atoms with Crippen molar-refractivity contribution in [2.45, 2.75) is 39.2 Å². The number of carboxylic acids is 1. The van der Waals surface area contributed by atoms with E-state index >= 15 is 0 Å². The van der Waals surface area contributed by atoms with Crippen molar-refractivity contribution < 1.29 is 14.7 Å². The Labute approximate surface area is 125 Å². The van der Waals surface area contributed by atoms with Gasteiger partial charge in [0.2, 0.25) is 0 Å². The van der Waals surface area contributed by atoms with Crippen molar-refractivity contribution in [1.82, 2.24) is 10.6 Å². The highest BCUT2D eigenvalue weighted by Crippen LogP contribution is 2.05. The number of urea groups is 1. The summed E-state index contributed by atoms with van der Waals surface area (Å²) >= 11 is 0. The van der Waals surface area contributed by atoms with Gasteiger partial charge in [-0.25, -0.2) is 4.79 Å². The maximum atomic E-state index is 11.8. The molecule has 2 atom stereocenters. The highest BCUT2D eigenvalue weighted by Gasteiger charge is 2.17. The molecule has 0 aliphatic rings. The normalized spacial score (nSPS) is 13.2. The number of carbonyl (C=O) groups is 2. The first-order valence-electron chi connectivity index (χ1n) is 7.34. The first-order chi connectivity index (χ1) is 10.0. The smallest absolute Gasteiger partial charge is 0.315 e. The zero-order valence-corrected chi connectivity index (χ0v) is 12.6. The molecular formula is C16H24N2O3. The predicted molar refractivity (Wildman–Crippen MR) is 82.2 cm³/mol. The van der Waals surface area contributed by atoms with Crippen molar-refractivity contribution >= 4 is 12.0 Å². The molecule has 0 bridgehead atoms. The number of aliphatic carboxylic acids is 1. The minimum absolute atomic E-state index is 0.0122. The monoisotopic (exact) mass is 292 g/mol. The lowest BCUT2D eigenvalue weighted by Gasteiger charge is -2.17. The molecule has 1 rings (SSSR count). The summed E-state index contributed by atoms with van der Waals surface area (Å²) in [6.07, 6.45) is 2.09. The lowest BCUT2D eigenvalue weighted by molar-refractivity contribution is -0.141. The second kappa shape index (κ2) is 9.00. The van der Waals surface area contributed by atoms with Crippen molar-refractivity contribution in [3.05, 3.63) is 35.9 Å². The highest BCUT2D eigenvalue weighted by molar-refractivity contribution is 5.76. The Balaban J connectivity index is 2.34. The van der Waals surface area contributed by atoms with E-state index in [-0.39, 0.29) is 18.6 Å². The van der Waals surface area contributed by atoms with E-state index in [9.17, 15) is 9.59 Å². The van der Waals surface area contributed by atoms with Crippen LogP contribution in [0.3, 0.4) is 0 Å². The van der Waals surface area contributed by atoms with Crippen LogP contribution >= 0.6 is 0 Å². The van der Waals surface area contributed by atoms with Crippen molar-refractivity contribution in [2.75, 3.05) is 6.54 Å². The van der Waals surface area contributed by atoms with Gasteiger partial charge in [0.25, 0.3) is 0 Å². The number of amides is 2. The Morgan fingerprint density at radius 2 is 1.90 bits per heavy atom. The summed E-state index contributed by atoms with van der Waals surface area (Å²) in [4.78, 5) is 22.8. The van der Waals surface area contributed by atoms with Gasteiger partial charge < -0.3 is 15.7 Å². The summed E-state index contributed by atoms with van der Waals surface area (Å²) in [6, 6.07) is 9.57. The fourth-order valence-corrected chi connectivity index (χ4v) is 2.17. The van der Waals surface area contributed by atoms with Crippen LogP contribution in [0.4, 0.5) is 4.79 Å². The molecule has 0 radical (unpaired) electrons. The van der Waals surface area contributed by atoms with Crippen molar-refractivity contribution in [2.24, 2.45) is 5.92 Å². The van der Waals surface area contributed by atoms with Gasteiger partial charge in [-0.3, -0.25) is 4.79 Å². The number of rotatable bonds is 8. The van der Waals surface area contributed by atoms with E-state index in [1.165, 1.54) is 0 Å². The van der Waals surface area contributed by atoms with Gasteiger partial charge in [0.15, 0.2) is 0 Å². The average Bonchev–Trinajstić information content (AvgIpc) is 2.44. The van der Waals surface area contributed by atoms with Crippen LogP contribution in [0.2, 0.25) is 0 Å². The van der Waals surface area contributed by atoms with Crippen LogP contribution < -0.4 is 10.6 Å². The largest absolute Gasteiger partial charge is 0.481 e. The topological polar surface area (TPSA) is 78.4 Å². The fraction of sp³-hybridized carbons (Fsp3) is 0.500. The summed E-state index contributed by atoms with van der Waals surface area (Å²) in [7, 11) is 0. The van der Waals surface area contributed by atoms with E-state index < -0.39 is 11.9 Å². The Morgan fingerprint density at radius 3 is 2.48 bits per heavy atom. The zero-order chi connectivity index (χ0) is 15.7. The van der Waals surface area contributed by atoms with Gasteiger partial charge >= 0.3 is 12.0 Å². The molecule has 2 amide bonds. The number of benzene rings is 1. The third-order valence-corrected chi connectivity index (χ3v) is 3.26. The molecule has 0 aromatic heterocycles. The lowest BCUT2D eigenvalue weighted by atomic mass is 10.0. The van der Waals surface area contributed by atoms with Crippen LogP contribution in [0.15, 0.2) is 30.3 Å². The molecule has 116 valence electrons. The predicted octanol–water partition coefficient (Wildman–Crippen LogP) is 2.42. The molecule has 21 heavy (non-hydrogen) atoms. The van der Waals surface area contributed by atoms with E-state index in [4.69, 9.17) is 5.11 Å². The van der Waals surface area contributed by atoms with E-state index in [0.29, 0.717) is 6.42 Å². The molecule has 0 saturated carbocycles. The van der Waals surface area contributed by atoms with Crippen LogP contribution in [-0.4, -0.2) is 29.7 Å². The number of hydrogen-bond donors (Lipinski definition) is 3. The quantitative estimate of drug-likeness (QED) is 0.688. The van der Waals surface area contributed by atoms with Crippen LogP contribution in [-0.2, 0) is 11.2 Å². The van der Waals surface area contributed by atoms with Gasteiger partial charge in [-0.15, -0.1) is 0 Å². The molecule has 0 saturated heterocycles. The van der Waals surface area contributed by atoms with Gasteiger partial charge in [0, 0.05) is 12.6 Å². The maximum absolute atomic E-state index is 11.8. The molecule has 2 unspecified atom stereocenters. The SMILES string of the molecule is CCCC(CNC(=O)NC(C)Cc1ccccc1)C(=O)O. The highest BCUT2D eigenvalue weighted by atomic mass is 16.4. The van der Waals surface area contributed by atoms with Gasteiger partial charge in [-0.1, -0.05) is 43.7 Å². The number of carboxylic acid groups (broad SMARTS) is 1. The number of carbonyl (C=O) groups excluding carboxylic acids is 1. The maximum Gasteiger partial charge on any atom is 0.315 e. The summed E-state index contributed by atoms with van der Waals surface area (Å²) in [5.41, 5.74) is 1.15. The lowest BCUT2D eigenvalue weighted by Crippen LogP contribution is -2.44. The summed E-state index contributed by atoms with van der Waals surface area (Å²) in [5.74, 6) is -1.39. The third kappa shape index (κ3) is 6.79. The molecular weight excluding hydrogens is 268 g/mol. The summed E-state index contributed by atoms with van der Waals surface area (Å²) in [5, 5.41) is 14.5. The number of hydrogen-bond acceptors (Lipinski definition) is 2. The first-order valence-corrected chi connectivity index (χ1v) is 7.34.